The lowest BCUT2D eigenvalue weighted by atomic mass is 10.0. The van der Waals surface area contributed by atoms with Gasteiger partial charge in [-0.25, -0.2) is 0 Å². The summed E-state index contributed by atoms with van der Waals surface area (Å²) in [5, 5.41) is 8.92. The Bertz CT molecular complexity index is 377. The molecule has 0 aliphatic heterocycles. The summed E-state index contributed by atoms with van der Waals surface area (Å²) in [7, 11) is 0. The van der Waals surface area contributed by atoms with Gasteiger partial charge in [-0.1, -0.05) is 32.0 Å². The van der Waals surface area contributed by atoms with Gasteiger partial charge in [-0.3, -0.25) is 4.79 Å². The van der Waals surface area contributed by atoms with Gasteiger partial charge in [0.25, 0.3) is 0 Å². The van der Waals surface area contributed by atoms with Crippen LogP contribution in [-0.2, 0) is 4.79 Å². The molecule has 0 saturated heterocycles. The molecule has 1 aromatic carbocycles. The van der Waals surface area contributed by atoms with E-state index >= 15 is 0 Å². The first-order valence-corrected chi connectivity index (χ1v) is 5.82. The summed E-state index contributed by atoms with van der Waals surface area (Å²) in [6, 6.07) is 7.88. The Morgan fingerprint density at radius 2 is 2.06 bits per heavy atom. The zero-order valence-electron chi connectivity index (χ0n) is 10.4. The first kappa shape index (κ1) is 13.5. The third kappa shape index (κ3) is 3.75. The maximum Gasteiger partial charge on any atom is 0.323 e. The maximum absolute atomic E-state index is 10.9. The average molecular weight is 236 g/mol. The van der Waals surface area contributed by atoms with Crippen LogP contribution < -0.4 is 10.6 Å². The number of hydrogen-bond donors (Lipinski definition) is 2. The summed E-state index contributed by atoms with van der Waals surface area (Å²) < 4.78 is 0. The quantitative estimate of drug-likeness (QED) is 0.788. The Morgan fingerprint density at radius 3 is 2.59 bits per heavy atom. The van der Waals surface area contributed by atoms with Crippen LogP contribution in [0.1, 0.15) is 25.3 Å². The number of carbonyl (C=O) groups is 1. The molecule has 1 aromatic rings. The number of nitrogens with zero attached hydrogens (tertiary/aromatic N) is 1. The van der Waals surface area contributed by atoms with E-state index in [1.165, 1.54) is 0 Å². The van der Waals surface area contributed by atoms with Gasteiger partial charge in [0.2, 0.25) is 0 Å². The lowest BCUT2D eigenvalue weighted by molar-refractivity contribution is -0.135. The van der Waals surface area contributed by atoms with E-state index in [0.717, 1.165) is 11.3 Å². The summed E-state index contributed by atoms with van der Waals surface area (Å²) in [5.41, 5.74) is 7.66. The van der Waals surface area contributed by atoms with E-state index in [0.29, 0.717) is 19.0 Å². The van der Waals surface area contributed by atoms with Crippen molar-refractivity contribution in [3.05, 3.63) is 29.8 Å². The van der Waals surface area contributed by atoms with E-state index in [1.807, 2.05) is 29.2 Å². The molecule has 0 spiro atoms. The number of carboxylic acid groups (broad SMARTS) is 1. The van der Waals surface area contributed by atoms with Crippen LogP contribution >= 0.6 is 0 Å². The van der Waals surface area contributed by atoms with Crippen molar-refractivity contribution in [2.75, 3.05) is 24.5 Å². The van der Waals surface area contributed by atoms with Gasteiger partial charge >= 0.3 is 5.97 Å². The average Bonchev–Trinajstić information content (AvgIpc) is 2.28. The lowest BCUT2D eigenvalue weighted by Crippen LogP contribution is -2.34. The molecule has 0 aliphatic carbocycles. The van der Waals surface area contributed by atoms with E-state index in [9.17, 15) is 4.79 Å². The Morgan fingerprint density at radius 1 is 1.41 bits per heavy atom. The number of carboxylic acids is 1. The number of hydrogen-bond acceptors (Lipinski definition) is 3. The maximum atomic E-state index is 10.9. The van der Waals surface area contributed by atoms with Crippen molar-refractivity contribution in [3.63, 3.8) is 0 Å². The van der Waals surface area contributed by atoms with Gasteiger partial charge in [0, 0.05) is 18.8 Å². The predicted octanol–water partition coefficient (Wildman–Crippen LogP) is 1.66. The number of nitrogens with two attached hydrogens (primary N) is 1. The topological polar surface area (TPSA) is 66.6 Å². The molecule has 0 unspecified atom stereocenters. The van der Waals surface area contributed by atoms with Gasteiger partial charge in [-0.2, -0.15) is 0 Å². The van der Waals surface area contributed by atoms with Gasteiger partial charge in [0.05, 0.1) is 0 Å². The van der Waals surface area contributed by atoms with Crippen molar-refractivity contribution in [3.8, 4) is 0 Å². The molecule has 0 saturated carbocycles. The number of para-hydroxylation sites is 1. The molecular weight excluding hydrogens is 216 g/mol. The first-order chi connectivity index (χ1) is 8.06. The van der Waals surface area contributed by atoms with Crippen molar-refractivity contribution in [2.24, 2.45) is 5.73 Å². The second kappa shape index (κ2) is 6.25. The van der Waals surface area contributed by atoms with Crippen LogP contribution in [0.5, 0.6) is 0 Å². The highest BCUT2D eigenvalue weighted by Crippen LogP contribution is 2.26. The molecular formula is C13H20N2O2. The molecule has 1 rings (SSSR count). The van der Waals surface area contributed by atoms with E-state index in [2.05, 4.69) is 13.8 Å². The third-order valence-corrected chi connectivity index (χ3v) is 2.62. The predicted molar refractivity (Wildman–Crippen MR) is 69.4 cm³/mol. The van der Waals surface area contributed by atoms with Gasteiger partial charge < -0.3 is 15.7 Å². The molecule has 0 fully saturated rings. The van der Waals surface area contributed by atoms with Crippen molar-refractivity contribution in [2.45, 2.75) is 19.8 Å². The van der Waals surface area contributed by atoms with Crippen LogP contribution in [-0.4, -0.2) is 30.7 Å². The SMILES string of the molecule is CC(C)c1ccccc1N(CCN)CC(=O)O. The second-order valence-electron chi connectivity index (χ2n) is 4.32. The Labute approximate surface area is 102 Å². The monoisotopic (exact) mass is 236 g/mol. The van der Waals surface area contributed by atoms with Crippen molar-refractivity contribution < 1.29 is 9.90 Å². The van der Waals surface area contributed by atoms with Gasteiger partial charge in [0.1, 0.15) is 6.54 Å². The minimum absolute atomic E-state index is 0.0130. The summed E-state index contributed by atoms with van der Waals surface area (Å²) in [6.07, 6.45) is 0. The van der Waals surface area contributed by atoms with E-state index in [4.69, 9.17) is 10.8 Å². The first-order valence-electron chi connectivity index (χ1n) is 5.82. The van der Waals surface area contributed by atoms with Crippen LogP contribution in [0.3, 0.4) is 0 Å². The van der Waals surface area contributed by atoms with E-state index in [-0.39, 0.29) is 6.54 Å². The Hall–Kier alpha value is -1.55. The molecule has 3 N–H and O–H groups in total. The fourth-order valence-electron chi connectivity index (χ4n) is 1.87. The van der Waals surface area contributed by atoms with Gasteiger partial charge in [0.15, 0.2) is 0 Å². The zero-order chi connectivity index (χ0) is 12.8. The Balaban J connectivity index is 3.03. The van der Waals surface area contributed by atoms with Crippen molar-refractivity contribution in [1.29, 1.82) is 0 Å². The smallest absolute Gasteiger partial charge is 0.323 e. The summed E-state index contributed by atoms with van der Waals surface area (Å²) in [6.45, 7) is 5.18. The van der Waals surface area contributed by atoms with E-state index in [1.54, 1.807) is 0 Å². The van der Waals surface area contributed by atoms with Crippen molar-refractivity contribution in [1.82, 2.24) is 0 Å². The normalized spacial score (nSPS) is 10.6. The third-order valence-electron chi connectivity index (χ3n) is 2.62. The molecule has 0 aromatic heterocycles. The molecule has 17 heavy (non-hydrogen) atoms. The highest BCUT2D eigenvalue weighted by Gasteiger charge is 2.14. The second-order valence-corrected chi connectivity index (χ2v) is 4.32. The molecule has 0 atom stereocenters. The molecule has 0 heterocycles. The highest BCUT2D eigenvalue weighted by atomic mass is 16.4. The number of aliphatic carboxylic acids is 1. The Kier molecular flexibility index (Phi) is 4.97. The molecule has 0 bridgehead atoms. The van der Waals surface area contributed by atoms with Crippen LogP contribution in [0.25, 0.3) is 0 Å². The van der Waals surface area contributed by atoms with Crippen molar-refractivity contribution >= 4 is 11.7 Å². The lowest BCUT2D eigenvalue weighted by Gasteiger charge is -2.26. The zero-order valence-corrected chi connectivity index (χ0v) is 10.4. The number of benzene rings is 1. The molecule has 0 amide bonds. The van der Waals surface area contributed by atoms with Crippen LogP contribution in [0.15, 0.2) is 24.3 Å². The van der Waals surface area contributed by atoms with Crippen LogP contribution in [0, 0.1) is 0 Å². The summed E-state index contributed by atoms with van der Waals surface area (Å²) in [4.78, 5) is 12.7. The van der Waals surface area contributed by atoms with Crippen LogP contribution in [0.4, 0.5) is 5.69 Å². The summed E-state index contributed by atoms with van der Waals surface area (Å²) in [5.74, 6) is -0.475. The summed E-state index contributed by atoms with van der Waals surface area (Å²) >= 11 is 0. The molecule has 0 radical (unpaired) electrons. The highest BCUT2D eigenvalue weighted by molar-refractivity contribution is 5.74. The fraction of sp³-hybridized carbons (Fsp3) is 0.462. The molecule has 94 valence electrons. The minimum atomic E-state index is -0.836. The molecule has 4 nitrogen and oxygen atoms in total. The van der Waals surface area contributed by atoms with E-state index < -0.39 is 5.97 Å². The largest absolute Gasteiger partial charge is 0.480 e. The van der Waals surface area contributed by atoms with Gasteiger partial charge in [-0.05, 0) is 17.5 Å². The number of anilines is 1. The standard InChI is InChI=1S/C13H20N2O2/c1-10(2)11-5-3-4-6-12(11)15(8-7-14)9-13(16)17/h3-6,10H,7-9,14H2,1-2H3,(H,16,17). The van der Waals surface area contributed by atoms with Crippen LogP contribution in [0.2, 0.25) is 0 Å². The number of rotatable bonds is 6. The minimum Gasteiger partial charge on any atom is -0.480 e. The molecule has 0 aliphatic rings. The fourth-order valence-corrected chi connectivity index (χ4v) is 1.87. The molecule has 4 heteroatoms. The van der Waals surface area contributed by atoms with Gasteiger partial charge in [-0.15, -0.1) is 0 Å².